The van der Waals surface area contributed by atoms with Gasteiger partial charge in [0.05, 0.1) is 0 Å². The quantitative estimate of drug-likeness (QED) is 0.746. The SMILES string of the molecule is Cc1cc(O)c(C(=O)OC(C)(C)C2CCNCC2)c(O)c1. The molecule has 0 atom stereocenters. The molecule has 0 aromatic heterocycles. The predicted octanol–water partition coefficient (Wildman–Crippen LogP) is 2.34. The number of rotatable bonds is 3. The summed E-state index contributed by atoms with van der Waals surface area (Å²) in [5.74, 6) is -0.928. The first-order valence-corrected chi connectivity index (χ1v) is 7.28. The lowest BCUT2D eigenvalue weighted by Crippen LogP contribution is -2.42. The molecule has 0 amide bonds. The second-order valence-electron chi connectivity index (χ2n) is 6.20. The molecule has 1 aliphatic rings. The van der Waals surface area contributed by atoms with Crippen molar-refractivity contribution in [3.05, 3.63) is 23.3 Å². The van der Waals surface area contributed by atoms with Gasteiger partial charge >= 0.3 is 5.97 Å². The summed E-state index contributed by atoms with van der Waals surface area (Å²) < 4.78 is 5.58. The fraction of sp³-hybridized carbons (Fsp3) is 0.562. The first-order chi connectivity index (χ1) is 9.81. The summed E-state index contributed by atoms with van der Waals surface area (Å²) in [6, 6.07) is 2.88. The van der Waals surface area contributed by atoms with Gasteiger partial charge in [0.1, 0.15) is 22.7 Å². The van der Waals surface area contributed by atoms with Gasteiger partial charge in [0.2, 0.25) is 0 Å². The van der Waals surface area contributed by atoms with Gasteiger partial charge in [-0.05, 0) is 64.4 Å². The highest BCUT2D eigenvalue weighted by atomic mass is 16.6. The van der Waals surface area contributed by atoms with Crippen molar-refractivity contribution in [1.29, 1.82) is 0 Å². The zero-order valence-electron chi connectivity index (χ0n) is 12.8. The molecule has 3 N–H and O–H groups in total. The van der Waals surface area contributed by atoms with Crippen LogP contribution in [-0.2, 0) is 4.74 Å². The Morgan fingerprint density at radius 1 is 1.24 bits per heavy atom. The van der Waals surface area contributed by atoms with E-state index in [2.05, 4.69) is 5.32 Å². The Balaban J connectivity index is 2.17. The molecule has 0 spiro atoms. The Morgan fingerprint density at radius 3 is 2.29 bits per heavy atom. The molecule has 1 aromatic rings. The van der Waals surface area contributed by atoms with Gasteiger partial charge in [0, 0.05) is 5.92 Å². The van der Waals surface area contributed by atoms with E-state index in [1.807, 2.05) is 13.8 Å². The fourth-order valence-corrected chi connectivity index (χ4v) is 2.85. The molecule has 0 radical (unpaired) electrons. The lowest BCUT2D eigenvalue weighted by Gasteiger charge is -2.36. The zero-order chi connectivity index (χ0) is 15.6. The molecular weight excluding hydrogens is 270 g/mol. The molecule has 5 nitrogen and oxygen atoms in total. The van der Waals surface area contributed by atoms with Crippen molar-refractivity contribution in [2.45, 2.75) is 39.2 Å². The highest BCUT2D eigenvalue weighted by Gasteiger charge is 2.35. The van der Waals surface area contributed by atoms with Crippen LogP contribution in [0.25, 0.3) is 0 Å². The number of ether oxygens (including phenoxy) is 1. The largest absolute Gasteiger partial charge is 0.507 e. The molecule has 0 unspecified atom stereocenters. The number of aryl methyl sites for hydroxylation is 1. The average Bonchev–Trinajstić information content (AvgIpc) is 2.37. The van der Waals surface area contributed by atoms with Gasteiger partial charge in [0.15, 0.2) is 0 Å². The second-order valence-corrected chi connectivity index (χ2v) is 6.20. The Labute approximate surface area is 124 Å². The first-order valence-electron chi connectivity index (χ1n) is 7.28. The third-order valence-corrected chi connectivity index (χ3v) is 4.12. The fourth-order valence-electron chi connectivity index (χ4n) is 2.85. The zero-order valence-corrected chi connectivity index (χ0v) is 12.8. The van der Waals surface area contributed by atoms with Crippen molar-refractivity contribution < 1.29 is 19.7 Å². The minimum Gasteiger partial charge on any atom is -0.507 e. The number of carbonyl (C=O) groups is 1. The van der Waals surface area contributed by atoms with Crippen molar-refractivity contribution in [1.82, 2.24) is 5.32 Å². The Morgan fingerprint density at radius 2 is 1.76 bits per heavy atom. The Hall–Kier alpha value is -1.75. The number of hydrogen-bond donors (Lipinski definition) is 3. The molecule has 1 heterocycles. The van der Waals surface area contributed by atoms with Gasteiger partial charge < -0.3 is 20.3 Å². The smallest absolute Gasteiger partial charge is 0.346 e. The molecule has 1 saturated heterocycles. The van der Waals surface area contributed by atoms with Crippen LogP contribution in [-0.4, -0.2) is 34.9 Å². The molecule has 0 aliphatic carbocycles. The van der Waals surface area contributed by atoms with E-state index >= 15 is 0 Å². The van der Waals surface area contributed by atoms with Crippen molar-refractivity contribution in [2.24, 2.45) is 5.92 Å². The Kier molecular flexibility index (Phi) is 4.42. The van der Waals surface area contributed by atoms with Gasteiger partial charge in [0.25, 0.3) is 0 Å². The topological polar surface area (TPSA) is 78.8 Å². The van der Waals surface area contributed by atoms with Crippen LogP contribution in [0.4, 0.5) is 0 Å². The number of benzene rings is 1. The predicted molar refractivity (Wildman–Crippen MR) is 79.6 cm³/mol. The molecule has 1 fully saturated rings. The third-order valence-electron chi connectivity index (χ3n) is 4.12. The summed E-state index contributed by atoms with van der Waals surface area (Å²) in [4.78, 5) is 12.3. The number of phenols is 2. The number of phenolic OH excluding ortho intramolecular Hbond substituents is 2. The maximum absolute atomic E-state index is 12.3. The van der Waals surface area contributed by atoms with Gasteiger partial charge in [-0.1, -0.05) is 0 Å². The van der Waals surface area contributed by atoms with Gasteiger partial charge in [-0.15, -0.1) is 0 Å². The second kappa shape index (κ2) is 5.93. The summed E-state index contributed by atoms with van der Waals surface area (Å²) in [6.07, 6.45) is 1.87. The summed E-state index contributed by atoms with van der Waals surface area (Å²) in [5, 5.41) is 23.0. The minimum absolute atomic E-state index is 0.164. The van der Waals surface area contributed by atoms with Crippen LogP contribution in [0.1, 0.15) is 42.6 Å². The van der Waals surface area contributed by atoms with Crippen molar-refractivity contribution in [3.63, 3.8) is 0 Å². The Bertz CT molecular complexity index is 510. The van der Waals surface area contributed by atoms with Gasteiger partial charge in [-0.2, -0.15) is 0 Å². The van der Waals surface area contributed by atoms with Crippen LogP contribution in [0.2, 0.25) is 0 Å². The molecule has 0 saturated carbocycles. The van der Waals surface area contributed by atoms with E-state index in [0.29, 0.717) is 5.56 Å². The van der Waals surface area contributed by atoms with Crippen LogP contribution in [0.5, 0.6) is 11.5 Å². The first kappa shape index (κ1) is 15.6. The number of nitrogens with one attached hydrogen (secondary N) is 1. The van der Waals surface area contributed by atoms with E-state index in [4.69, 9.17) is 4.74 Å². The number of carbonyl (C=O) groups excluding carboxylic acids is 1. The van der Waals surface area contributed by atoms with E-state index in [-0.39, 0.29) is 23.0 Å². The number of esters is 1. The molecular formula is C16H23NO4. The maximum Gasteiger partial charge on any atom is 0.346 e. The van der Waals surface area contributed by atoms with Crippen molar-refractivity contribution in [3.8, 4) is 11.5 Å². The monoisotopic (exact) mass is 293 g/mol. The average molecular weight is 293 g/mol. The van der Waals surface area contributed by atoms with E-state index in [0.717, 1.165) is 25.9 Å². The van der Waals surface area contributed by atoms with E-state index < -0.39 is 11.6 Å². The highest BCUT2D eigenvalue weighted by molar-refractivity contribution is 5.95. The third kappa shape index (κ3) is 3.47. The summed E-state index contributed by atoms with van der Waals surface area (Å²) >= 11 is 0. The van der Waals surface area contributed by atoms with Crippen molar-refractivity contribution >= 4 is 5.97 Å². The van der Waals surface area contributed by atoms with Gasteiger partial charge in [-0.25, -0.2) is 4.79 Å². The molecule has 21 heavy (non-hydrogen) atoms. The molecule has 2 rings (SSSR count). The molecule has 5 heteroatoms. The normalized spacial score (nSPS) is 16.7. The number of aromatic hydroxyl groups is 2. The molecule has 1 aromatic carbocycles. The summed E-state index contributed by atoms with van der Waals surface area (Å²) in [7, 11) is 0. The molecule has 1 aliphatic heterocycles. The maximum atomic E-state index is 12.3. The van der Waals surface area contributed by atoms with Crippen molar-refractivity contribution in [2.75, 3.05) is 13.1 Å². The van der Waals surface area contributed by atoms with E-state index in [9.17, 15) is 15.0 Å². The molecule has 0 bridgehead atoms. The highest BCUT2D eigenvalue weighted by Crippen LogP contribution is 2.34. The van der Waals surface area contributed by atoms with E-state index in [1.165, 1.54) is 12.1 Å². The van der Waals surface area contributed by atoms with Crippen LogP contribution in [0, 0.1) is 12.8 Å². The number of hydrogen-bond acceptors (Lipinski definition) is 5. The van der Waals surface area contributed by atoms with Crippen LogP contribution in [0.3, 0.4) is 0 Å². The van der Waals surface area contributed by atoms with Crippen LogP contribution < -0.4 is 5.32 Å². The van der Waals surface area contributed by atoms with Crippen LogP contribution in [0.15, 0.2) is 12.1 Å². The lowest BCUT2D eigenvalue weighted by atomic mass is 9.83. The van der Waals surface area contributed by atoms with E-state index in [1.54, 1.807) is 6.92 Å². The lowest BCUT2D eigenvalue weighted by molar-refractivity contribution is -0.0371. The molecule has 116 valence electrons. The number of piperidine rings is 1. The standard InChI is InChI=1S/C16H23NO4/c1-10-8-12(18)14(13(19)9-10)15(20)21-16(2,3)11-4-6-17-7-5-11/h8-9,11,17-19H,4-7H2,1-3H3. The minimum atomic E-state index is -0.687. The summed E-state index contributed by atoms with van der Waals surface area (Å²) in [5.41, 5.74) is -0.120. The summed E-state index contributed by atoms with van der Waals surface area (Å²) in [6.45, 7) is 7.30. The van der Waals surface area contributed by atoms with Gasteiger partial charge in [-0.3, -0.25) is 0 Å². The van der Waals surface area contributed by atoms with Crippen LogP contribution >= 0.6 is 0 Å².